The van der Waals surface area contributed by atoms with Crippen molar-refractivity contribution in [1.82, 2.24) is 20.6 Å². The molecule has 7 nitrogen and oxygen atoms in total. The third kappa shape index (κ3) is 3.20. The number of anilines is 1. The Labute approximate surface area is 143 Å². The number of aromatic nitrogens is 4. The Balaban J connectivity index is 1.55. The summed E-state index contributed by atoms with van der Waals surface area (Å²) in [4.78, 5) is 12.4. The van der Waals surface area contributed by atoms with Crippen molar-refractivity contribution in [2.24, 2.45) is 5.10 Å². The summed E-state index contributed by atoms with van der Waals surface area (Å²) in [5.74, 6) is -0.0745. The standard InChI is InChI=1S/C18H14N6O/c25-17-16(12-19-24(17)18-20-22-23-21-18)11-15-8-4-7-14(10-15)9-13-5-2-1-3-6-13/h1-8,10-12H,9H2,(H,20,21,22,23)/b16-11-. The number of carbonyl (C=O) groups excluding carboxylic acids is 1. The number of benzene rings is 2. The minimum Gasteiger partial charge on any atom is -0.267 e. The average molecular weight is 330 g/mol. The van der Waals surface area contributed by atoms with Crippen LogP contribution in [0.25, 0.3) is 6.08 Å². The zero-order valence-corrected chi connectivity index (χ0v) is 13.2. The molecule has 0 aliphatic carbocycles. The first kappa shape index (κ1) is 14.9. The highest BCUT2D eigenvalue weighted by Crippen LogP contribution is 2.19. The quantitative estimate of drug-likeness (QED) is 0.743. The molecule has 1 amide bonds. The van der Waals surface area contributed by atoms with Gasteiger partial charge in [-0.15, -0.1) is 0 Å². The molecule has 1 aliphatic rings. The van der Waals surface area contributed by atoms with Gasteiger partial charge in [-0.3, -0.25) is 4.79 Å². The molecular weight excluding hydrogens is 316 g/mol. The van der Waals surface area contributed by atoms with Gasteiger partial charge in [0.15, 0.2) is 0 Å². The zero-order valence-electron chi connectivity index (χ0n) is 13.2. The van der Waals surface area contributed by atoms with Crippen molar-refractivity contribution < 1.29 is 4.79 Å². The smallest absolute Gasteiger partial charge is 0.267 e. The van der Waals surface area contributed by atoms with Crippen LogP contribution in [0, 0.1) is 0 Å². The van der Waals surface area contributed by atoms with Crippen LogP contribution in [0.3, 0.4) is 0 Å². The van der Waals surface area contributed by atoms with Crippen LogP contribution in [-0.2, 0) is 11.2 Å². The molecule has 0 spiro atoms. The van der Waals surface area contributed by atoms with E-state index in [1.54, 1.807) is 0 Å². The largest absolute Gasteiger partial charge is 0.283 e. The third-order valence-electron chi connectivity index (χ3n) is 3.81. The van der Waals surface area contributed by atoms with Gasteiger partial charge in [-0.2, -0.15) is 10.1 Å². The molecule has 2 heterocycles. The van der Waals surface area contributed by atoms with E-state index in [0.29, 0.717) is 5.57 Å². The summed E-state index contributed by atoms with van der Waals surface area (Å²) in [7, 11) is 0. The summed E-state index contributed by atoms with van der Waals surface area (Å²) < 4.78 is 0. The second-order valence-corrected chi connectivity index (χ2v) is 5.59. The summed E-state index contributed by atoms with van der Waals surface area (Å²) in [5, 5.41) is 18.3. The van der Waals surface area contributed by atoms with Gasteiger partial charge < -0.3 is 0 Å². The Morgan fingerprint density at radius 1 is 1.04 bits per heavy atom. The number of nitrogens with one attached hydrogen (secondary N) is 1. The Morgan fingerprint density at radius 3 is 2.68 bits per heavy atom. The second-order valence-electron chi connectivity index (χ2n) is 5.59. The van der Waals surface area contributed by atoms with Crippen LogP contribution in [0.5, 0.6) is 0 Å². The molecule has 1 aromatic heterocycles. The molecule has 0 saturated heterocycles. The summed E-state index contributed by atoms with van der Waals surface area (Å²) in [6.07, 6.45) is 4.16. The predicted octanol–water partition coefficient (Wildman–Crippen LogP) is 2.21. The van der Waals surface area contributed by atoms with E-state index in [9.17, 15) is 4.79 Å². The van der Waals surface area contributed by atoms with E-state index in [0.717, 1.165) is 17.0 Å². The normalized spacial score (nSPS) is 15.3. The Bertz CT molecular complexity index is 947. The lowest BCUT2D eigenvalue weighted by molar-refractivity contribution is -0.114. The monoisotopic (exact) mass is 330 g/mol. The van der Waals surface area contributed by atoms with Gasteiger partial charge >= 0.3 is 0 Å². The molecular formula is C18H14N6O. The Kier molecular flexibility index (Phi) is 3.88. The van der Waals surface area contributed by atoms with Gasteiger partial charge in [0.25, 0.3) is 11.9 Å². The molecule has 2 aromatic carbocycles. The van der Waals surface area contributed by atoms with Crippen LogP contribution >= 0.6 is 0 Å². The number of rotatable bonds is 4. The fourth-order valence-corrected chi connectivity index (χ4v) is 2.65. The van der Waals surface area contributed by atoms with Gasteiger partial charge in [-0.1, -0.05) is 59.7 Å². The molecule has 122 valence electrons. The first-order valence-electron chi connectivity index (χ1n) is 7.76. The topological polar surface area (TPSA) is 87.1 Å². The number of hydrazone groups is 1. The van der Waals surface area contributed by atoms with E-state index in [-0.39, 0.29) is 11.9 Å². The van der Waals surface area contributed by atoms with Crippen molar-refractivity contribution in [3.63, 3.8) is 0 Å². The lowest BCUT2D eigenvalue weighted by Gasteiger charge is -2.06. The van der Waals surface area contributed by atoms with Crippen molar-refractivity contribution in [1.29, 1.82) is 0 Å². The van der Waals surface area contributed by atoms with E-state index >= 15 is 0 Å². The number of carbonyl (C=O) groups is 1. The van der Waals surface area contributed by atoms with Crippen LogP contribution in [0.15, 0.2) is 65.3 Å². The van der Waals surface area contributed by atoms with Crippen LogP contribution < -0.4 is 5.01 Å². The van der Waals surface area contributed by atoms with Gasteiger partial charge in [0.2, 0.25) is 0 Å². The second kappa shape index (κ2) is 6.48. The summed E-state index contributed by atoms with van der Waals surface area (Å²) >= 11 is 0. The predicted molar refractivity (Wildman–Crippen MR) is 93.8 cm³/mol. The summed E-state index contributed by atoms with van der Waals surface area (Å²) in [5.41, 5.74) is 3.85. The number of nitrogens with zero attached hydrogens (tertiary/aromatic N) is 5. The van der Waals surface area contributed by atoms with Crippen molar-refractivity contribution in [2.45, 2.75) is 6.42 Å². The molecule has 1 aliphatic heterocycles. The molecule has 0 saturated carbocycles. The molecule has 0 unspecified atom stereocenters. The molecule has 25 heavy (non-hydrogen) atoms. The molecule has 0 fully saturated rings. The molecule has 7 heteroatoms. The third-order valence-corrected chi connectivity index (χ3v) is 3.81. The van der Waals surface area contributed by atoms with Gasteiger partial charge in [0.1, 0.15) is 0 Å². The molecule has 0 radical (unpaired) electrons. The van der Waals surface area contributed by atoms with Gasteiger partial charge in [0, 0.05) is 0 Å². The highest BCUT2D eigenvalue weighted by Gasteiger charge is 2.26. The maximum absolute atomic E-state index is 12.4. The van der Waals surface area contributed by atoms with E-state index in [2.05, 4.69) is 50.0 Å². The molecule has 3 aromatic rings. The molecule has 0 atom stereocenters. The molecule has 1 N–H and O–H groups in total. The highest BCUT2D eigenvalue weighted by molar-refractivity contribution is 6.25. The number of amides is 1. The van der Waals surface area contributed by atoms with Crippen LogP contribution in [0.1, 0.15) is 16.7 Å². The van der Waals surface area contributed by atoms with Crippen LogP contribution in [-0.4, -0.2) is 32.7 Å². The fraction of sp³-hybridized carbons (Fsp3) is 0.0556. The molecule has 0 bridgehead atoms. The van der Waals surface area contributed by atoms with Gasteiger partial charge in [0.05, 0.1) is 11.8 Å². The number of aromatic amines is 1. The van der Waals surface area contributed by atoms with E-state index in [4.69, 9.17) is 0 Å². The number of hydrogen-bond donors (Lipinski definition) is 1. The minimum atomic E-state index is -0.271. The van der Waals surface area contributed by atoms with Gasteiger partial charge in [-0.05, 0) is 39.6 Å². The lowest BCUT2D eigenvalue weighted by atomic mass is 10.0. The van der Waals surface area contributed by atoms with E-state index in [1.165, 1.54) is 17.3 Å². The minimum absolute atomic E-state index is 0.197. The van der Waals surface area contributed by atoms with Crippen molar-refractivity contribution >= 4 is 24.1 Å². The number of H-pyrrole nitrogens is 1. The van der Waals surface area contributed by atoms with Crippen LogP contribution in [0.2, 0.25) is 0 Å². The van der Waals surface area contributed by atoms with E-state index in [1.807, 2.05) is 36.4 Å². The lowest BCUT2D eigenvalue weighted by Crippen LogP contribution is -2.22. The van der Waals surface area contributed by atoms with Crippen LogP contribution in [0.4, 0.5) is 5.95 Å². The number of hydrogen-bond acceptors (Lipinski definition) is 5. The van der Waals surface area contributed by atoms with Crippen molar-refractivity contribution in [2.75, 3.05) is 5.01 Å². The van der Waals surface area contributed by atoms with Crippen molar-refractivity contribution in [3.8, 4) is 0 Å². The Morgan fingerprint density at radius 2 is 1.88 bits per heavy atom. The maximum Gasteiger partial charge on any atom is 0.283 e. The van der Waals surface area contributed by atoms with Gasteiger partial charge in [-0.25, -0.2) is 5.10 Å². The molecule has 4 rings (SSSR count). The first-order valence-corrected chi connectivity index (χ1v) is 7.76. The van der Waals surface area contributed by atoms with Crippen molar-refractivity contribution in [3.05, 3.63) is 76.9 Å². The fourth-order valence-electron chi connectivity index (χ4n) is 2.65. The highest BCUT2D eigenvalue weighted by atomic mass is 16.2. The number of tetrazole rings is 1. The SMILES string of the molecule is O=C1/C(=C\c2cccc(Cc3ccccc3)c2)C=NN1c1nnn[nH]1. The Hall–Kier alpha value is -3.61. The summed E-state index contributed by atoms with van der Waals surface area (Å²) in [6.45, 7) is 0. The zero-order chi connectivity index (χ0) is 17.1. The maximum atomic E-state index is 12.4. The average Bonchev–Trinajstić information content (AvgIpc) is 3.27. The summed E-state index contributed by atoms with van der Waals surface area (Å²) in [6, 6.07) is 18.4. The van der Waals surface area contributed by atoms with E-state index < -0.39 is 0 Å². The first-order chi connectivity index (χ1) is 12.3.